The highest BCUT2D eigenvalue weighted by Crippen LogP contribution is 2.28. The molecule has 0 heterocycles. The van der Waals surface area contributed by atoms with E-state index in [1.165, 1.54) is 31.3 Å². The lowest BCUT2D eigenvalue weighted by atomic mass is 10.0. The number of nitrogens with zero attached hydrogens (tertiary/aromatic N) is 1. The number of carbonyl (C=O) groups is 1. The molecule has 0 radical (unpaired) electrons. The maximum atomic E-state index is 12.8. The smallest absolute Gasteiger partial charge is 0.264 e. The summed E-state index contributed by atoms with van der Waals surface area (Å²) in [5, 5.41) is 3.12. The van der Waals surface area contributed by atoms with Gasteiger partial charge in [-0.1, -0.05) is 54.1 Å². The Morgan fingerprint density at radius 2 is 1.63 bits per heavy atom. The van der Waals surface area contributed by atoms with Crippen LogP contribution < -0.4 is 9.62 Å². The number of hydrogen-bond donors (Lipinski definition) is 1. The second kappa shape index (κ2) is 8.90. The molecule has 3 aromatic carbocycles. The van der Waals surface area contributed by atoms with E-state index in [0.29, 0.717) is 5.69 Å². The zero-order chi connectivity index (χ0) is 21.9. The van der Waals surface area contributed by atoms with Gasteiger partial charge in [-0.2, -0.15) is 0 Å². The molecule has 0 unspecified atom stereocenters. The maximum Gasteiger partial charge on any atom is 0.264 e. The summed E-state index contributed by atoms with van der Waals surface area (Å²) in [6, 6.07) is 20.4. The lowest BCUT2D eigenvalue weighted by Crippen LogP contribution is -2.28. The fourth-order valence-corrected chi connectivity index (χ4v) is 4.67. The predicted octanol–water partition coefficient (Wildman–Crippen LogP) is 4.96. The fraction of sp³-hybridized carbons (Fsp3) is 0.174. The Kier molecular flexibility index (Phi) is 6.48. The number of rotatable bonds is 6. The molecule has 1 N–H and O–H groups in total. The lowest BCUT2D eigenvalue weighted by molar-refractivity contribution is 0.0940. The van der Waals surface area contributed by atoms with Crippen LogP contribution in [0.4, 0.5) is 5.69 Å². The Labute approximate surface area is 182 Å². The second-order valence-electron chi connectivity index (χ2n) is 7.00. The van der Waals surface area contributed by atoms with Crippen molar-refractivity contribution in [2.75, 3.05) is 11.4 Å². The molecule has 0 fully saturated rings. The van der Waals surface area contributed by atoms with Gasteiger partial charge in [0, 0.05) is 7.05 Å². The van der Waals surface area contributed by atoms with E-state index < -0.39 is 10.0 Å². The Morgan fingerprint density at radius 3 is 2.27 bits per heavy atom. The van der Waals surface area contributed by atoms with Gasteiger partial charge >= 0.3 is 0 Å². The quantitative estimate of drug-likeness (QED) is 0.586. The van der Waals surface area contributed by atoms with Crippen molar-refractivity contribution >= 4 is 33.2 Å². The number of aryl methyl sites for hydroxylation is 1. The van der Waals surface area contributed by atoms with Crippen molar-refractivity contribution in [1.29, 1.82) is 0 Å². The van der Waals surface area contributed by atoms with Crippen LogP contribution in [-0.4, -0.2) is 21.4 Å². The fourth-order valence-electron chi connectivity index (χ4n) is 3.20. The monoisotopic (exact) mass is 442 g/mol. The zero-order valence-electron chi connectivity index (χ0n) is 17.0. The largest absolute Gasteiger partial charge is 0.345 e. The molecule has 5 nitrogen and oxygen atoms in total. The van der Waals surface area contributed by atoms with E-state index in [1.54, 1.807) is 24.3 Å². The van der Waals surface area contributed by atoms with Crippen LogP contribution in [0.25, 0.3) is 0 Å². The molecule has 0 spiro atoms. The average Bonchev–Trinajstić information content (AvgIpc) is 2.73. The Hall–Kier alpha value is -2.83. The molecule has 0 aliphatic heterocycles. The van der Waals surface area contributed by atoms with Crippen molar-refractivity contribution in [3.05, 3.63) is 94.5 Å². The molecule has 0 saturated heterocycles. The van der Waals surface area contributed by atoms with Gasteiger partial charge in [0.15, 0.2) is 0 Å². The minimum Gasteiger partial charge on any atom is -0.345 e. The number of halogens is 1. The zero-order valence-corrected chi connectivity index (χ0v) is 18.5. The minimum atomic E-state index is -3.73. The first-order chi connectivity index (χ1) is 14.2. The summed E-state index contributed by atoms with van der Waals surface area (Å²) in [6.07, 6.45) is 0. The predicted molar refractivity (Wildman–Crippen MR) is 121 cm³/mol. The highest BCUT2D eigenvalue weighted by Gasteiger charge is 2.22. The van der Waals surface area contributed by atoms with Gasteiger partial charge in [0.25, 0.3) is 15.9 Å². The number of benzene rings is 3. The van der Waals surface area contributed by atoms with Crippen LogP contribution in [0.3, 0.4) is 0 Å². The van der Waals surface area contributed by atoms with Gasteiger partial charge < -0.3 is 5.32 Å². The maximum absolute atomic E-state index is 12.8. The summed E-state index contributed by atoms with van der Waals surface area (Å²) in [6.45, 7) is 3.89. The number of nitrogens with one attached hydrogen (secondary N) is 1. The first-order valence-electron chi connectivity index (χ1n) is 9.41. The van der Waals surface area contributed by atoms with E-state index in [1.807, 2.05) is 38.1 Å². The molecule has 0 aromatic heterocycles. The third-order valence-electron chi connectivity index (χ3n) is 4.97. The first kappa shape index (κ1) is 21.9. The van der Waals surface area contributed by atoms with Crippen LogP contribution in [0.5, 0.6) is 0 Å². The van der Waals surface area contributed by atoms with Crippen molar-refractivity contribution in [1.82, 2.24) is 5.32 Å². The van der Waals surface area contributed by atoms with Crippen LogP contribution in [0, 0.1) is 6.92 Å². The van der Waals surface area contributed by atoms with Crippen molar-refractivity contribution in [3.8, 4) is 0 Å². The van der Waals surface area contributed by atoms with E-state index in [-0.39, 0.29) is 27.4 Å². The number of anilines is 1. The molecule has 3 aromatic rings. The van der Waals surface area contributed by atoms with Gasteiger partial charge in [0.2, 0.25) is 0 Å². The SMILES string of the molecule is Cc1ccccc1[C@H](C)NC(=O)c1ccc(N(C)S(=O)(=O)c2ccccc2)cc1Cl. The Balaban J connectivity index is 1.81. The number of hydrogen-bond acceptors (Lipinski definition) is 3. The molecule has 0 aliphatic rings. The molecule has 156 valence electrons. The third kappa shape index (κ3) is 4.50. The molecular weight excluding hydrogens is 420 g/mol. The summed E-state index contributed by atoms with van der Waals surface area (Å²) in [7, 11) is -2.28. The van der Waals surface area contributed by atoms with Crippen LogP contribution in [0.15, 0.2) is 77.7 Å². The van der Waals surface area contributed by atoms with Gasteiger partial charge in [0.1, 0.15) is 0 Å². The summed E-state index contributed by atoms with van der Waals surface area (Å²) < 4.78 is 26.7. The van der Waals surface area contributed by atoms with Gasteiger partial charge in [-0.05, 0) is 55.3 Å². The number of carbonyl (C=O) groups excluding carboxylic acids is 1. The van der Waals surface area contributed by atoms with Crippen molar-refractivity contribution in [3.63, 3.8) is 0 Å². The molecule has 0 saturated carbocycles. The topological polar surface area (TPSA) is 66.5 Å². The van der Waals surface area contributed by atoms with Crippen molar-refractivity contribution in [2.24, 2.45) is 0 Å². The Bertz CT molecular complexity index is 1160. The van der Waals surface area contributed by atoms with E-state index >= 15 is 0 Å². The number of sulfonamides is 1. The number of amides is 1. The highest BCUT2D eigenvalue weighted by molar-refractivity contribution is 7.92. The van der Waals surface area contributed by atoms with Crippen LogP contribution >= 0.6 is 11.6 Å². The minimum absolute atomic E-state index is 0.178. The summed E-state index contributed by atoms with van der Waals surface area (Å²) in [5.41, 5.74) is 2.76. The molecule has 0 bridgehead atoms. The van der Waals surface area contributed by atoms with E-state index in [0.717, 1.165) is 15.4 Å². The van der Waals surface area contributed by atoms with Gasteiger partial charge in [-0.15, -0.1) is 0 Å². The van der Waals surface area contributed by atoms with Crippen molar-refractivity contribution in [2.45, 2.75) is 24.8 Å². The van der Waals surface area contributed by atoms with E-state index in [2.05, 4.69) is 5.32 Å². The van der Waals surface area contributed by atoms with Crippen LogP contribution in [-0.2, 0) is 10.0 Å². The molecule has 1 amide bonds. The third-order valence-corrected chi connectivity index (χ3v) is 7.08. The van der Waals surface area contributed by atoms with E-state index in [9.17, 15) is 13.2 Å². The Morgan fingerprint density at radius 1 is 1.00 bits per heavy atom. The average molecular weight is 443 g/mol. The summed E-state index contributed by atoms with van der Waals surface area (Å²) in [4.78, 5) is 12.9. The van der Waals surface area contributed by atoms with Crippen LogP contribution in [0.1, 0.15) is 34.5 Å². The summed E-state index contributed by atoms with van der Waals surface area (Å²) >= 11 is 6.34. The standard InChI is InChI=1S/C23H23ClN2O3S/c1-16-9-7-8-12-20(16)17(2)25-23(27)21-14-13-18(15-22(21)24)26(3)30(28,29)19-10-5-4-6-11-19/h4-15,17H,1-3H3,(H,25,27)/t17-/m0/s1. The normalized spacial score (nSPS) is 12.3. The summed E-state index contributed by atoms with van der Waals surface area (Å²) in [5.74, 6) is -0.323. The van der Waals surface area contributed by atoms with Gasteiger partial charge in [-0.25, -0.2) is 8.42 Å². The van der Waals surface area contributed by atoms with Crippen LogP contribution in [0.2, 0.25) is 5.02 Å². The molecule has 1 atom stereocenters. The lowest BCUT2D eigenvalue weighted by Gasteiger charge is -2.21. The van der Waals surface area contributed by atoms with Crippen molar-refractivity contribution < 1.29 is 13.2 Å². The molecular formula is C23H23ClN2O3S. The second-order valence-corrected chi connectivity index (χ2v) is 9.38. The first-order valence-corrected chi connectivity index (χ1v) is 11.2. The molecule has 30 heavy (non-hydrogen) atoms. The highest BCUT2D eigenvalue weighted by atomic mass is 35.5. The molecule has 0 aliphatic carbocycles. The van der Waals surface area contributed by atoms with Gasteiger partial charge in [0.05, 0.1) is 27.2 Å². The van der Waals surface area contributed by atoms with E-state index in [4.69, 9.17) is 11.6 Å². The molecule has 7 heteroatoms. The molecule has 3 rings (SSSR count). The van der Waals surface area contributed by atoms with Gasteiger partial charge in [-0.3, -0.25) is 9.10 Å².